The van der Waals surface area contributed by atoms with Crippen molar-refractivity contribution in [2.24, 2.45) is 0 Å². The van der Waals surface area contributed by atoms with Crippen LogP contribution in [-0.4, -0.2) is 12.3 Å². The monoisotopic (exact) mass is 191 g/mol. The fourth-order valence-electron chi connectivity index (χ4n) is 1.12. The second kappa shape index (κ2) is 3.62. The Bertz CT molecular complexity index is 367. The third kappa shape index (κ3) is 1.82. The molecule has 3 heteroatoms. The summed E-state index contributed by atoms with van der Waals surface area (Å²) in [5.41, 5.74) is -0.0297. The fourth-order valence-corrected chi connectivity index (χ4v) is 1.12. The number of benzene rings is 1. The van der Waals surface area contributed by atoms with Crippen LogP contribution in [0.5, 0.6) is 0 Å². The van der Waals surface area contributed by atoms with Gasteiger partial charge in [-0.3, -0.25) is 4.79 Å². The predicted octanol–water partition coefficient (Wildman–Crippen LogP) is 0.527. The van der Waals surface area contributed by atoms with Gasteiger partial charge in [0.15, 0.2) is 0 Å². The topological polar surface area (TPSA) is 57.2 Å². The van der Waals surface area contributed by atoms with E-state index in [1.54, 1.807) is 38.1 Å². The van der Waals surface area contributed by atoms with Crippen molar-refractivity contribution in [1.29, 1.82) is 0 Å². The van der Waals surface area contributed by atoms with Gasteiger partial charge in [-0.25, -0.2) is 0 Å². The summed E-state index contributed by atoms with van der Waals surface area (Å²) < 4.78 is 0. The number of carboxylic acids is 1. The predicted molar refractivity (Wildman–Crippen MR) is 49.9 cm³/mol. The SMILES string of the molecule is CC(C)(C(=O)[O-])c1cccc(C=O)c1. The minimum atomic E-state index is -1.15. The van der Waals surface area contributed by atoms with Gasteiger partial charge in [0.05, 0.1) is 5.97 Å². The summed E-state index contributed by atoms with van der Waals surface area (Å²) in [7, 11) is 0. The van der Waals surface area contributed by atoms with Crippen molar-refractivity contribution in [3.8, 4) is 0 Å². The van der Waals surface area contributed by atoms with Gasteiger partial charge in [0.25, 0.3) is 0 Å². The molecule has 0 heterocycles. The number of hydrogen-bond acceptors (Lipinski definition) is 3. The number of hydrogen-bond donors (Lipinski definition) is 0. The van der Waals surface area contributed by atoms with Gasteiger partial charge < -0.3 is 9.90 Å². The second-order valence-electron chi connectivity index (χ2n) is 3.66. The van der Waals surface area contributed by atoms with Crippen molar-refractivity contribution >= 4 is 12.3 Å². The average molecular weight is 191 g/mol. The summed E-state index contributed by atoms with van der Waals surface area (Å²) in [5, 5.41) is 10.8. The third-order valence-electron chi connectivity index (χ3n) is 2.25. The van der Waals surface area contributed by atoms with Crippen LogP contribution in [0.25, 0.3) is 0 Å². The highest BCUT2D eigenvalue weighted by Crippen LogP contribution is 2.22. The van der Waals surface area contributed by atoms with Crippen LogP contribution >= 0.6 is 0 Å². The van der Waals surface area contributed by atoms with Gasteiger partial charge in [0.1, 0.15) is 6.29 Å². The third-order valence-corrected chi connectivity index (χ3v) is 2.25. The van der Waals surface area contributed by atoms with Crippen LogP contribution < -0.4 is 5.11 Å². The molecule has 0 saturated carbocycles. The molecule has 74 valence electrons. The molecule has 1 aromatic carbocycles. The highest BCUT2D eigenvalue weighted by Gasteiger charge is 2.21. The molecule has 0 aliphatic heterocycles. The summed E-state index contributed by atoms with van der Waals surface area (Å²) in [6, 6.07) is 6.51. The Labute approximate surface area is 82.4 Å². The maximum Gasteiger partial charge on any atom is 0.150 e. The van der Waals surface area contributed by atoms with Gasteiger partial charge in [-0.2, -0.15) is 0 Å². The number of carboxylic acid groups (broad SMARTS) is 1. The first-order chi connectivity index (χ1) is 6.48. The van der Waals surface area contributed by atoms with Gasteiger partial charge in [-0.15, -0.1) is 0 Å². The van der Waals surface area contributed by atoms with Crippen LogP contribution in [0.2, 0.25) is 0 Å². The van der Waals surface area contributed by atoms with E-state index >= 15 is 0 Å². The Morgan fingerprint density at radius 1 is 1.43 bits per heavy atom. The average Bonchev–Trinajstić information content (AvgIpc) is 2.17. The highest BCUT2D eigenvalue weighted by molar-refractivity contribution is 5.80. The van der Waals surface area contributed by atoms with Crippen molar-refractivity contribution in [3.63, 3.8) is 0 Å². The molecule has 0 atom stereocenters. The molecule has 0 spiro atoms. The van der Waals surface area contributed by atoms with E-state index in [9.17, 15) is 14.7 Å². The summed E-state index contributed by atoms with van der Waals surface area (Å²) in [6.07, 6.45) is 0.689. The van der Waals surface area contributed by atoms with Crippen LogP contribution in [0.4, 0.5) is 0 Å². The molecular weight excluding hydrogens is 180 g/mol. The minimum Gasteiger partial charge on any atom is -0.549 e. The number of carbonyl (C=O) groups is 2. The maximum atomic E-state index is 10.8. The van der Waals surface area contributed by atoms with Gasteiger partial charge >= 0.3 is 0 Å². The van der Waals surface area contributed by atoms with Crippen molar-refractivity contribution in [3.05, 3.63) is 35.4 Å². The molecule has 1 rings (SSSR count). The number of aldehydes is 1. The summed E-state index contributed by atoms with van der Waals surface area (Å²) in [6.45, 7) is 3.10. The molecule has 0 radical (unpaired) electrons. The lowest BCUT2D eigenvalue weighted by atomic mass is 9.84. The maximum absolute atomic E-state index is 10.8. The van der Waals surface area contributed by atoms with E-state index in [1.807, 2.05) is 0 Å². The first kappa shape index (κ1) is 10.4. The van der Waals surface area contributed by atoms with Crippen molar-refractivity contribution in [2.75, 3.05) is 0 Å². The second-order valence-corrected chi connectivity index (χ2v) is 3.66. The molecule has 0 amide bonds. The lowest BCUT2D eigenvalue weighted by Crippen LogP contribution is -2.41. The fraction of sp³-hybridized carbons (Fsp3) is 0.273. The van der Waals surface area contributed by atoms with Crippen molar-refractivity contribution in [2.45, 2.75) is 19.3 Å². The number of aliphatic carboxylic acids is 1. The lowest BCUT2D eigenvalue weighted by Gasteiger charge is -2.26. The van der Waals surface area contributed by atoms with E-state index in [1.165, 1.54) is 0 Å². The molecule has 3 nitrogen and oxygen atoms in total. The molecule has 0 aliphatic rings. The molecule has 1 aromatic rings. The van der Waals surface area contributed by atoms with Crippen LogP contribution in [-0.2, 0) is 10.2 Å². The van der Waals surface area contributed by atoms with Crippen LogP contribution in [0.3, 0.4) is 0 Å². The molecule has 0 N–H and O–H groups in total. The molecule has 0 saturated heterocycles. The zero-order valence-corrected chi connectivity index (χ0v) is 8.11. The van der Waals surface area contributed by atoms with Crippen molar-refractivity contribution in [1.82, 2.24) is 0 Å². The molecule has 14 heavy (non-hydrogen) atoms. The van der Waals surface area contributed by atoms with E-state index in [4.69, 9.17) is 0 Å². The Morgan fingerprint density at radius 3 is 2.57 bits per heavy atom. The molecular formula is C11H11O3-. The molecule has 0 bridgehead atoms. The Hall–Kier alpha value is -1.64. The standard InChI is InChI=1S/C11H12O3/c1-11(2,10(13)14)9-5-3-4-8(6-9)7-12/h3-7H,1-2H3,(H,13,14)/p-1. The van der Waals surface area contributed by atoms with Crippen LogP contribution in [0.15, 0.2) is 24.3 Å². The first-order valence-corrected chi connectivity index (χ1v) is 4.25. The molecule has 0 aromatic heterocycles. The van der Waals surface area contributed by atoms with E-state index in [-0.39, 0.29) is 0 Å². The van der Waals surface area contributed by atoms with E-state index < -0.39 is 11.4 Å². The highest BCUT2D eigenvalue weighted by atomic mass is 16.4. The Morgan fingerprint density at radius 2 is 2.07 bits per heavy atom. The number of rotatable bonds is 3. The Balaban J connectivity index is 3.18. The normalized spacial score (nSPS) is 11.0. The van der Waals surface area contributed by atoms with Gasteiger partial charge in [0, 0.05) is 11.0 Å². The number of carbonyl (C=O) groups excluding carboxylic acids is 2. The van der Waals surface area contributed by atoms with Gasteiger partial charge in [-0.1, -0.05) is 32.0 Å². The van der Waals surface area contributed by atoms with E-state index in [0.717, 1.165) is 0 Å². The zero-order chi connectivity index (χ0) is 10.8. The smallest absolute Gasteiger partial charge is 0.150 e. The quantitative estimate of drug-likeness (QED) is 0.655. The van der Waals surface area contributed by atoms with Gasteiger partial charge in [-0.05, 0) is 11.6 Å². The van der Waals surface area contributed by atoms with Crippen LogP contribution in [0, 0.1) is 0 Å². The zero-order valence-electron chi connectivity index (χ0n) is 8.11. The lowest BCUT2D eigenvalue weighted by molar-refractivity contribution is -0.312. The van der Waals surface area contributed by atoms with Gasteiger partial charge in [0.2, 0.25) is 0 Å². The molecule has 0 aliphatic carbocycles. The Kier molecular flexibility index (Phi) is 2.70. The summed E-state index contributed by atoms with van der Waals surface area (Å²) in [4.78, 5) is 21.3. The largest absolute Gasteiger partial charge is 0.549 e. The minimum absolute atomic E-state index is 0.469. The summed E-state index contributed by atoms with van der Waals surface area (Å²) >= 11 is 0. The molecule has 0 unspecified atom stereocenters. The van der Waals surface area contributed by atoms with E-state index in [2.05, 4.69) is 0 Å². The first-order valence-electron chi connectivity index (χ1n) is 4.25. The van der Waals surface area contributed by atoms with Crippen molar-refractivity contribution < 1.29 is 14.7 Å². The van der Waals surface area contributed by atoms with E-state index in [0.29, 0.717) is 17.4 Å². The van der Waals surface area contributed by atoms with Crippen LogP contribution in [0.1, 0.15) is 29.8 Å². The summed E-state index contributed by atoms with van der Waals surface area (Å²) in [5.74, 6) is -1.15. The molecule has 0 fully saturated rings.